The van der Waals surface area contributed by atoms with E-state index in [1.165, 1.54) is 11.1 Å². The van der Waals surface area contributed by atoms with E-state index in [0.29, 0.717) is 12.3 Å². The van der Waals surface area contributed by atoms with Crippen LogP contribution in [0.5, 0.6) is 0 Å². The fourth-order valence-electron chi connectivity index (χ4n) is 3.87. The molecule has 1 aliphatic rings. The topological polar surface area (TPSA) is 65.7 Å². The Bertz CT molecular complexity index is 811. The summed E-state index contributed by atoms with van der Waals surface area (Å²) in [5, 5.41) is 0. The maximum Gasteiger partial charge on any atom is 0.325 e. The summed E-state index contributed by atoms with van der Waals surface area (Å²) in [6.45, 7) is 4.40. The van der Waals surface area contributed by atoms with E-state index in [9.17, 15) is 9.59 Å². The molecule has 1 aliphatic carbocycles. The minimum atomic E-state index is -0.388. The van der Waals surface area contributed by atoms with Gasteiger partial charge in [-0.1, -0.05) is 51.0 Å². The normalized spacial score (nSPS) is 20.9. The van der Waals surface area contributed by atoms with Gasteiger partial charge in [0.2, 0.25) is 0 Å². The minimum Gasteiger partial charge on any atom is -0.311 e. The summed E-state index contributed by atoms with van der Waals surface area (Å²) in [6, 6.07) is 8.23. The molecule has 2 N–H and O–H groups in total. The van der Waals surface area contributed by atoms with Crippen LogP contribution in [-0.2, 0) is 12.8 Å². The van der Waals surface area contributed by atoms with Gasteiger partial charge in [0.25, 0.3) is 5.56 Å². The smallest absolute Gasteiger partial charge is 0.311 e. The number of rotatable bonds is 4. The third-order valence-electron chi connectivity index (χ3n) is 5.37. The third kappa shape index (κ3) is 3.53. The lowest BCUT2D eigenvalue weighted by molar-refractivity contribution is 0.342. The van der Waals surface area contributed by atoms with Gasteiger partial charge in [-0.2, -0.15) is 0 Å². The SMILES string of the molecule is CCc1ccccc1Cc1c(C2CCC(C)CC2)[nH]c(=O)[nH]c1=O. The van der Waals surface area contributed by atoms with E-state index in [-0.39, 0.29) is 11.2 Å². The molecule has 4 nitrogen and oxygen atoms in total. The number of nitrogens with one attached hydrogen (secondary N) is 2. The predicted octanol–water partition coefficient (Wildman–Crippen LogP) is 3.51. The fraction of sp³-hybridized carbons (Fsp3) is 0.500. The Balaban J connectivity index is 2.00. The van der Waals surface area contributed by atoms with Crippen molar-refractivity contribution in [1.29, 1.82) is 0 Å². The zero-order valence-electron chi connectivity index (χ0n) is 14.5. The summed E-state index contributed by atoms with van der Waals surface area (Å²) in [6.07, 6.45) is 5.92. The lowest BCUT2D eigenvalue weighted by atomic mass is 9.79. The maximum absolute atomic E-state index is 12.5. The van der Waals surface area contributed by atoms with Crippen LogP contribution in [0.1, 0.15) is 67.8 Å². The van der Waals surface area contributed by atoms with E-state index >= 15 is 0 Å². The summed E-state index contributed by atoms with van der Waals surface area (Å²) >= 11 is 0. The molecule has 0 spiro atoms. The van der Waals surface area contributed by atoms with Crippen LogP contribution in [0.2, 0.25) is 0 Å². The molecule has 2 aromatic rings. The zero-order chi connectivity index (χ0) is 17.1. The van der Waals surface area contributed by atoms with Gasteiger partial charge in [0.05, 0.1) is 0 Å². The second-order valence-electron chi connectivity index (χ2n) is 7.06. The van der Waals surface area contributed by atoms with E-state index in [1.54, 1.807) is 0 Å². The van der Waals surface area contributed by atoms with Gasteiger partial charge in [0.15, 0.2) is 0 Å². The van der Waals surface area contributed by atoms with Gasteiger partial charge in [-0.3, -0.25) is 9.78 Å². The molecule has 1 aromatic heterocycles. The molecule has 0 bridgehead atoms. The van der Waals surface area contributed by atoms with Crippen molar-refractivity contribution in [2.24, 2.45) is 5.92 Å². The first-order chi connectivity index (χ1) is 11.6. The lowest BCUT2D eigenvalue weighted by Crippen LogP contribution is -2.30. The Labute approximate surface area is 142 Å². The van der Waals surface area contributed by atoms with Crippen molar-refractivity contribution < 1.29 is 0 Å². The molecular weight excluding hydrogens is 300 g/mol. The Morgan fingerprint density at radius 2 is 1.67 bits per heavy atom. The van der Waals surface area contributed by atoms with Gasteiger partial charge < -0.3 is 4.98 Å². The number of aryl methyl sites for hydroxylation is 1. The highest BCUT2D eigenvalue weighted by Gasteiger charge is 2.24. The quantitative estimate of drug-likeness (QED) is 0.903. The summed E-state index contributed by atoms with van der Waals surface area (Å²) in [7, 11) is 0. The molecule has 1 saturated carbocycles. The second kappa shape index (κ2) is 7.20. The van der Waals surface area contributed by atoms with Gasteiger partial charge in [-0.15, -0.1) is 0 Å². The molecule has 0 amide bonds. The van der Waals surface area contributed by atoms with Crippen molar-refractivity contribution in [1.82, 2.24) is 9.97 Å². The standard InChI is InChI=1S/C20H26N2O2/c1-3-14-6-4-5-7-16(14)12-17-18(21-20(24)22-19(17)23)15-10-8-13(2)9-11-15/h4-7,13,15H,3,8-12H2,1-2H3,(H2,21,22,23,24). The van der Waals surface area contributed by atoms with Crippen molar-refractivity contribution in [3.05, 3.63) is 67.5 Å². The largest absolute Gasteiger partial charge is 0.325 e. The molecule has 1 aromatic carbocycles. The fourth-order valence-corrected chi connectivity index (χ4v) is 3.87. The minimum absolute atomic E-state index is 0.238. The highest BCUT2D eigenvalue weighted by molar-refractivity contribution is 5.34. The first-order valence-corrected chi connectivity index (χ1v) is 9.00. The number of benzene rings is 1. The highest BCUT2D eigenvalue weighted by atomic mass is 16.2. The first-order valence-electron chi connectivity index (χ1n) is 9.00. The summed E-state index contributed by atoms with van der Waals surface area (Å²) < 4.78 is 0. The molecule has 4 heteroatoms. The average molecular weight is 326 g/mol. The zero-order valence-corrected chi connectivity index (χ0v) is 14.5. The number of H-pyrrole nitrogens is 2. The Morgan fingerprint density at radius 1 is 1.00 bits per heavy atom. The summed E-state index contributed by atoms with van der Waals surface area (Å²) in [5.74, 6) is 1.03. The number of hydrogen-bond acceptors (Lipinski definition) is 2. The van der Waals surface area contributed by atoms with Crippen LogP contribution in [0.25, 0.3) is 0 Å². The molecule has 0 radical (unpaired) electrons. The van der Waals surface area contributed by atoms with Crippen LogP contribution in [0.3, 0.4) is 0 Å². The Hall–Kier alpha value is -2.10. The molecule has 0 aliphatic heterocycles. The maximum atomic E-state index is 12.5. The van der Waals surface area contributed by atoms with Crippen molar-refractivity contribution >= 4 is 0 Å². The lowest BCUT2D eigenvalue weighted by Gasteiger charge is -2.27. The van der Waals surface area contributed by atoms with Gasteiger partial charge >= 0.3 is 5.69 Å². The van der Waals surface area contributed by atoms with Gasteiger partial charge in [0, 0.05) is 17.7 Å². The molecule has 0 unspecified atom stereocenters. The Morgan fingerprint density at radius 3 is 2.33 bits per heavy atom. The van der Waals surface area contributed by atoms with Crippen LogP contribution in [-0.4, -0.2) is 9.97 Å². The second-order valence-corrected chi connectivity index (χ2v) is 7.06. The molecule has 3 rings (SSSR count). The predicted molar refractivity (Wildman–Crippen MR) is 96.7 cm³/mol. The van der Waals surface area contributed by atoms with E-state index in [1.807, 2.05) is 12.1 Å². The van der Waals surface area contributed by atoms with Gasteiger partial charge in [0.1, 0.15) is 0 Å². The van der Waals surface area contributed by atoms with Crippen LogP contribution >= 0.6 is 0 Å². The van der Waals surface area contributed by atoms with Gasteiger partial charge in [-0.25, -0.2) is 4.79 Å². The highest BCUT2D eigenvalue weighted by Crippen LogP contribution is 2.35. The van der Waals surface area contributed by atoms with Crippen molar-refractivity contribution in [3.8, 4) is 0 Å². The van der Waals surface area contributed by atoms with Crippen LogP contribution < -0.4 is 11.2 Å². The van der Waals surface area contributed by atoms with Crippen molar-refractivity contribution in [2.75, 3.05) is 0 Å². The molecular formula is C20H26N2O2. The van der Waals surface area contributed by atoms with E-state index in [2.05, 4.69) is 35.9 Å². The van der Waals surface area contributed by atoms with Crippen LogP contribution in [0.4, 0.5) is 0 Å². The average Bonchev–Trinajstić information content (AvgIpc) is 2.58. The van der Waals surface area contributed by atoms with Crippen LogP contribution in [0.15, 0.2) is 33.9 Å². The molecule has 24 heavy (non-hydrogen) atoms. The summed E-state index contributed by atoms with van der Waals surface area (Å²) in [5.41, 5.74) is 3.39. The van der Waals surface area contributed by atoms with E-state index < -0.39 is 0 Å². The third-order valence-corrected chi connectivity index (χ3v) is 5.37. The number of aromatic nitrogens is 2. The van der Waals surface area contributed by atoms with E-state index in [0.717, 1.165) is 49.3 Å². The van der Waals surface area contributed by atoms with Crippen molar-refractivity contribution in [2.45, 2.75) is 58.3 Å². The molecule has 0 saturated heterocycles. The monoisotopic (exact) mass is 326 g/mol. The molecule has 1 heterocycles. The Kier molecular flexibility index (Phi) is 5.03. The number of aromatic amines is 2. The number of hydrogen-bond donors (Lipinski definition) is 2. The van der Waals surface area contributed by atoms with Gasteiger partial charge in [-0.05, 0) is 42.2 Å². The molecule has 1 fully saturated rings. The van der Waals surface area contributed by atoms with E-state index in [4.69, 9.17) is 0 Å². The molecule has 0 atom stereocenters. The van der Waals surface area contributed by atoms with Crippen molar-refractivity contribution in [3.63, 3.8) is 0 Å². The first kappa shape index (κ1) is 16.7. The summed E-state index contributed by atoms with van der Waals surface area (Å²) in [4.78, 5) is 29.7. The van der Waals surface area contributed by atoms with Crippen LogP contribution in [0, 0.1) is 5.92 Å². The molecule has 128 valence electrons.